The number of guanidine groups is 1. The molecule has 42 heavy (non-hydrogen) atoms. The van der Waals surface area contributed by atoms with Gasteiger partial charge in [0, 0.05) is 43.5 Å². The maximum atomic E-state index is 14.4. The third kappa shape index (κ3) is 6.01. The molecule has 0 spiro atoms. The molecule has 2 aliphatic rings. The van der Waals surface area contributed by atoms with Gasteiger partial charge in [0.1, 0.15) is 11.6 Å². The van der Waals surface area contributed by atoms with Crippen molar-refractivity contribution in [1.82, 2.24) is 19.8 Å². The van der Waals surface area contributed by atoms with E-state index in [1.807, 2.05) is 18.2 Å². The van der Waals surface area contributed by atoms with Crippen molar-refractivity contribution in [1.29, 1.82) is 0 Å². The van der Waals surface area contributed by atoms with Crippen LogP contribution in [-0.4, -0.2) is 58.7 Å². The fourth-order valence-electron chi connectivity index (χ4n) is 6.12. The fourth-order valence-corrected chi connectivity index (χ4v) is 6.12. The first-order valence-corrected chi connectivity index (χ1v) is 14.6. The maximum Gasteiger partial charge on any atom is 0.261 e. The van der Waals surface area contributed by atoms with Gasteiger partial charge < -0.3 is 20.3 Å². The van der Waals surface area contributed by atoms with Crippen molar-refractivity contribution in [2.75, 3.05) is 25.5 Å². The minimum Gasteiger partial charge on any atom is -0.497 e. The molecule has 0 unspecified atom stereocenters. The molecule has 1 aliphatic carbocycles. The molecule has 1 aromatic heterocycles. The summed E-state index contributed by atoms with van der Waals surface area (Å²) in [6.45, 7) is 6.41. The lowest BCUT2D eigenvalue weighted by Gasteiger charge is -2.38. The summed E-state index contributed by atoms with van der Waals surface area (Å²) in [5.41, 5.74) is 4.55. The number of aryl methyl sites for hydroxylation is 2. The number of halogens is 1. The van der Waals surface area contributed by atoms with Crippen molar-refractivity contribution in [3.05, 3.63) is 99.9 Å². The Kier molecular flexibility index (Phi) is 7.93. The Balaban J connectivity index is 1.23. The number of ether oxygens (including phenoxy) is 1. The molecule has 0 amide bonds. The quantitative estimate of drug-likeness (QED) is 0.265. The predicted octanol–water partition coefficient (Wildman–Crippen LogP) is 4.40. The van der Waals surface area contributed by atoms with Gasteiger partial charge in [-0.3, -0.25) is 9.36 Å². The summed E-state index contributed by atoms with van der Waals surface area (Å²) in [6.07, 6.45) is 3.77. The maximum absolute atomic E-state index is 14.4. The number of aliphatic imine (C=N–C) groups is 1. The molecule has 1 aliphatic heterocycles. The average Bonchev–Trinajstić information content (AvgIpc) is 3.39. The van der Waals surface area contributed by atoms with Crippen molar-refractivity contribution >= 4 is 22.5 Å². The van der Waals surface area contributed by atoms with Gasteiger partial charge in [-0.1, -0.05) is 30.3 Å². The Hall–Kier alpha value is -4.24. The SMILES string of the molecule is COc1ccc(CCn2cnc3cc(NC(=NC4Cc5ccccc5C4)N4C[C@@H](C)N[C@@H](C)C4)ccc3c2=O)c(F)c1. The smallest absolute Gasteiger partial charge is 0.261 e. The van der Waals surface area contributed by atoms with Crippen LogP contribution in [0, 0.1) is 5.82 Å². The number of methoxy groups -OCH3 is 1. The van der Waals surface area contributed by atoms with E-state index in [1.165, 1.54) is 28.9 Å². The third-order valence-corrected chi connectivity index (χ3v) is 8.16. The van der Waals surface area contributed by atoms with E-state index in [4.69, 9.17) is 9.73 Å². The summed E-state index contributed by atoms with van der Waals surface area (Å²) in [4.78, 5) is 25.4. The molecule has 0 radical (unpaired) electrons. The van der Waals surface area contributed by atoms with Crippen LogP contribution in [0.5, 0.6) is 5.75 Å². The standard InChI is InChI=1S/C33H37FN6O2/c1-21-18-40(19-22(2)36-21)33(38-27-14-24-6-4-5-7-25(24)15-27)37-26-9-11-29-31(16-26)35-20-39(32(29)41)13-12-23-8-10-28(42-3)17-30(23)34/h4-11,16-17,20-22,27,36H,12-15,18-19H2,1-3H3,(H,37,38)/t21-,22+. The first-order chi connectivity index (χ1) is 20.4. The van der Waals surface area contributed by atoms with E-state index >= 15 is 0 Å². The van der Waals surface area contributed by atoms with E-state index in [1.54, 1.807) is 18.5 Å². The van der Waals surface area contributed by atoms with Crippen molar-refractivity contribution in [3.63, 3.8) is 0 Å². The van der Waals surface area contributed by atoms with Crippen LogP contribution in [-0.2, 0) is 25.8 Å². The zero-order valence-electron chi connectivity index (χ0n) is 24.3. The van der Waals surface area contributed by atoms with E-state index in [2.05, 4.69) is 58.6 Å². The minimum absolute atomic E-state index is 0.150. The zero-order valence-corrected chi connectivity index (χ0v) is 24.3. The van der Waals surface area contributed by atoms with Gasteiger partial charge in [0.15, 0.2) is 5.96 Å². The van der Waals surface area contributed by atoms with E-state index in [0.29, 0.717) is 47.3 Å². The van der Waals surface area contributed by atoms with Gasteiger partial charge in [0.25, 0.3) is 5.56 Å². The topological polar surface area (TPSA) is 83.8 Å². The molecule has 0 saturated carbocycles. The number of nitrogens with zero attached hydrogens (tertiary/aromatic N) is 4. The molecular formula is C33H37FN6O2. The van der Waals surface area contributed by atoms with Gasteiger partial charge in [-0.15, -0.1) is 0 Å². The van der Waals surface area contributed by atoms with Gasteiger partial charge >= 0.3 is 0 Å². The third-order valence-electron chi connectivity index (χ3n) is 8.16. The highest BCUT2D eigenvalue weighted by molar-refractivity contribution is 5.96. The number of anilines is 1. The Morgan fingerprint density at radius 1 is 1.07 bits per heavy atom. The van der Waals surface area contributed by atoms with Crippen LogP contribution in [0.25, 0.3) is 10.9 Å². The summed E-state index contributed by atoms with van der Waals surface area (Å²) in [5.74, 6) is 0.967. The Bertz CT molecular complexity index is 1650. The molecule has 3 aromatic carbocycles. The molecule has 1 fully saturated rings. The Labute approximate surface area is 245 Å². The zero-order chi connectivity index (χ0) is 29.2. The average molecular weight is 569 g/mol. The Morgan fingerprint density at radius 2 is 1.81 bits per heavy atom. The lowest BCUT2D eigenvalue weighted by atomic mass is 10.1. The summed E-state index contributed by atoms with van der Waals surface area (Å²) in [5, 5.41) is 7.70. The van der Waals surface area contributed by atoms with Gasteiger partial charge in [-0.2, -0.15) is 0 Å². The molecule has 1 saturated heterocycles. The summed E-state index contributed by atoms with van der Waals surface area (Å²) in [6, 6.07) is 19.8. The molecule has 2 atom stereocenters. The van der Waals surface area contributed by atoms with Crippen molar-refractivity contribution in [2.24, 2.45) is 4.99 Å². The van der Waals surface area contributed by atoms with E-state index in [-0.39, 0.29) is 17.4 Å². The van der Waals surface area contributed by atoms with Crippen LogP contribution in [0.1, 0.15) is 30.5 Å². The van der Waals surface area contributed by atoms with Gasteiger partial charge in [0.05, 0.1) is 30.4 Å². The van der Waals surface area contributed by atoms with Crippen LogP contribution in [0.2, 0.25) is 0 Å². The van der Waals surface area contributed by atoms with Gasteiger partial charge in [-0.25, -0.2) is 14.4 Å². The second kappa shape index (κ2) is 11.9. The van der Waals surface area contributed by atoms with E-state index < -0.39 is 0 Å². The van der Waals surface area contributed by atoms with E-state index in [9.17, 15) is 9.18 Å². The first-order valence-electron chi connectivity index (χ1n) is 14.6. The van der Waals surface area contributed by atoms with Crippen LogP contribution < -0.4 is 20.9 Å². The molecule has 9 heteroatoms. The monoisotopic (exact) mass is 568 g/mol. The highest BCUT2D eigenvalue weighted by Crippen LogP contribution is 2.25. The summed E-state index contributed by atoms with van der Waals surface area (Å²) < 4.78 is 21.0. The number of benzene rings is 3. The number of nitrogens with one attached hydrogen (secondary N) is 2. The van der Waals surface area contributed by atoms with Gasteiger partial charge in [0.2, 0.25) is 0 Å². The van der Waals surface area contributed by atoms with Crippen molar-refractivity contribution < 1.29 is 9.13 Å². The largest absolute Gasteiger partial charge is 0.497 e. The second-order valence-corrected chi connectivity index (χ2v) is 11.5. The number of hydrogen-bond acceptors (Lipinski definition) is 5. The normalized spacial score (nSPS) is 19.2. The lowest BCUT2D eigenvalue weighted by molar-refractivity contribution is 0.253. The lowest BCUT2D eigenvalue weighted by Crippen LogP contribution is -2.57. The summed E-state index contributed by atoms with van der Waals surface area (Å²) in [7, 11) is 1.50. The Morgan fingerprint density at radius 3 is 2.50 bits per heavy atom. The fraction of sp³-hybridized carbons (Fsp3) is 0.364. The molecule has 2 heterocycles. The van der Waals surface area contributed by atoms with Gasteiger partial charge in [-0.05, 0) is 74.1 Å². The predicted molar refractivity (Wildman–Crippen MR) is 165 cm³/mol. The van der Waals surface area contributed by atoms with Crippen LogP contribution in [0.15, 0.2) is 76.8 Å². The van der Waals surface area contributed by atoms with Crippen LogP contribution in [0.3, 0.4) is 0 Å². The van der Waals surface area contributed by atoms with E-state index in [0.717, 1.165) is 37.6 Å². The molecule has 6 rings (SSSR count). The van der Waals surface area contributed by atoms with Crippen LogP contribution in [0.4, 0.5) is 10.1 Å². The number of fused-ring (bicyclic) bond motifs is 2. The molecular weight excluding hydrogens is 531 g/mol. The molecule has 0 bridgehead atoms. The molecule has 218 valence electrons. The number of rotatable bonds is 6. The highest BCUT2D eigenvalue weighted by Gasteiger charge is 2.27. The van der Waals surface area contributed by atoms with Crippen molar-refractivity contribution in [3.8, 4) is 5.75 Å². The number of piperazine rings is 1. The highest BCUT2D eigenvalue weighted by atomic mass is 19.1. The minimum atomic E-state index is -0.348. The van der Waals surface area contributed by atoms with Crippen LogP contribution >= 0.6 is 0 Å². The molecule has 4 aromatic rings. The van der Waals surface area contributed by atoms with Crippen molar-refractivity contribution in [2.45, 2.75) is 57.8 Å². The number of hydrogen-bond donors (Lipinski definition) is 2. The second-order valence-electron chi connectivity index (χ2n) is 11.5. The molecule has 8 nitrogen and oxygen atoms in total. The molecule has 2 N–H and O–H groups in total. The summed E-state index contributed by atoms with van der Waals surface area (Å²) >= 11 is 0. The first kappa shape index (κ1) is 27.9. The number of aromatic nitrogens is 2.